The molecule has 1 saturated carbocycles. The first-order chi connectivity index (χ1) is 8.29. The van der Waals surface area contributed by atoms with Crippen LogP contribution in [-0.4, -0.2) is 16.0 Å². The topological polar surface area (TPSA) is 61.6 Å². The number of nitrogens with zero attached hydrogens (tertiary/aromatic N) is 3. The zero-order chi connectivity index (χ0) is 12.1. The Labute approximate surface area is 102 Å². The van der Waals surface area contributed by atoms with Gasteiger partial charge in [0, 0.05) is 18.4 Å². The lowest BCUT2D eigenvalue weighted by Gasteiger charge is -2.17. The summed E-state index contributed by atoms with van der Waals surface area (Å²) >= 11 is 0. The highest BCUT2D eigenvalue weighted by atomic mass is 15.0. The molecule has 1 aromatic rings. The Balaban J connectivity index is 2.03. The Morgan fingerprint density at radius 2 is 2.06 bits per heavy atom. The second kappa shape index (κ2) is 5.62. The minimum Gasteiger partial charge on any atom is -0.365 e. The summed E-state index contributed by atoms with van der Waals surface area (Å²) in [5.41, 5.74) is 0.393. The second-order valence-corrected chi connectivity index (χ2v) is 4.82. The van der Waals surface area contributed by atoms with Gasteiger partial charge in [-0.05, 0) is 25.2 Å². The summed E-state index contributed by atoms with van der Waals surface area (Å²) in [7, 11) is 0. The van der Waals surface area contributed by atoms with Gasteiger partial charge in [0.25, 0.3) is 0 Å². The van der Waals surface area contributed by atoms with Crippen LogP contribution >= 0.6 is 0 Å². The van der Waals surface area contributed by atoms with Gasteiger partial charge in [0.1, 0.15) is 6.07 Å². The summed E-state index contributed by atoms with van der Waals surface area (Å²) < 4.78 is 0. The van der Waals surface area contributed by atoms with Crippen molar-refractivity contribution in [3.05, 3.63) is 18.1 Å². The average Bonchev–Trinajstić information content (AvgIpc) is 2.55. The summed E-state index contributed by atoms with van der Waals surface area (Å²) in [6.07, 6.45) is 9.31. The average molecular weight is 230 g/mol. The number of hydrogen-bond acceptors (Lipinski definition) is 4. The minimum atomic E-state index is 0.393. The molecule has 0 bridgehead atoms. The summed E-state index contributed by atoms with van der Waals surface area (Å²) in [6.45, 7) is 2.31. The quantitative estimate of drug-likeness (QED) is 0.793. The van der Waals surface area contributed by atoms with Crippen molar-refractivity contribution in [2.24, 2.45) is 5.92 Å². The van der Waals surface area contributed by atoms with E-state index in [1.165, 1.54) is 19.3 Å². The summed E-state index contributed by atoms with van der Waals surface area (Å²) in [6, 6.07) is 2.51. The Bertz CT molecular complexity index is 410. The van der Waals surface area contributed by atoms with Crippen LogP contribution in [0.5, 0.6) is 0 Å². The summed E-state index contributed by atoms with van der Waals surface area (Å²) in [5, 5.41) is 12.3. The third-order valence-electron chi connectivity index (χ3n) is 3.40. The third-order valence-corrected chi connectivity index (χ3v) is 3.40. The van der Waals surface area contributed by atoms with Gasteiger partial charge in [-0.2, -0.15) is 5.26 Å². The molecular weight excluding hydrogens is 212 g/mol. The van der Waals surface area contributed by atoms with Gasteiger partial charge in [-0.15, -0.1) is 0 Å². The molecule has 1 fully saturated rings. The first-order valence-electron chi connectivity index (χ1n) is 6.27. The molecule has 1 aliphatic rings. The van der Waals surface area contributed by atoms with Crippen LogP contribution in [0.1, 0.15) is 44.7 Å². The van der Waals surface area contributed by atoms with Crippen molar-refractivity contribution in [1.29, 1.82) is 5.26 Å². The largest absolute Gasteiger partial charge is 0.365 e. The van der Waals surface area contributed by atoms with Crippen LogP contribution in [-0.2, 0) is 0 Å². The lowest BCUT2D eigenvalue weighted by Crippen LogP contribution is -2.20. The van der Waals surface area contributed by atoms with E-state index in [-0.39, 0.29) is 0 Å². The molecule has 0 spiro atoms. The molecule has 0 amide bonds. The van der Waals surface area contributed by atoms with Gasteiger partial charge in [0.05, 0.1) is 0 Å². The van der Waals surface area contributed by atoms with Crippen molar-refractivity contribution >= 4 is 5.82 Å². The van der Waals surface area contributed by atoms with Gasteiger partial charge in [-0.25, -0.2) is 9.97 Å². The zero-order valence-corrected chi connectivity index (χ0v) is 10.2. The van der Waals surface area contributed by atoms with E-state index in [2.05, 4.69) is 28.3 Å². The molecule has 1 aliphatic carbocycles. The zero-order valence-electron chi connectivity index (χ0n) is 10.2. The minimum absolute atomic E-state index is 0.393. The van der Waals surface area contributed by atoms with Crippen LogP contribution in [0.2, 0.25) is 0 Å². The Morgan fingerprint density at radius 3 is 2.88 bits per heavy atom. The van der Waals surface area contributed by atoms with E-state index >= 15 is 0 Å². The highest BCUT2D eigenvalue weighted by Crippen LogP contribution is 2.24. The van der Waals surface area contributed by atoms with Gasteiger partial charge in [0.15, 0.2) is 11.5 Å². The van der Waals surface area contributed by atoms with Gasteiger partial charge in [-0.1, -0.05) is 19.8 Å². The van der Waals surface area contributed by atoms with Crippen molar-refractivity contribution in [2.45, 2.75) is 45.1 Å². The van der Waals surface area contributed by atoms with Crippen LogP contribution in [0.4, 0.5) is 5.82 Å². The van der Waals surface area contributed by atoms with Gasteiger partial charge >= 0.3 is 0 Å². The second-order valence-electron chi connectivity index (χ2n) is 4.82. The van der Waals surface area contributed by atoms with Gasteiger partial charge in [0.2, 0.25) is 0 Å². The predicted octanol–water partition coefficient (Wildman–Crippen LogP) is 2.73. The maximum atomic E-state index is 8.95. The summed E-state index contributed by atoms with van der Waals surface area (Å²) in [4.78, 5) is 8.21. The van der Waals surface area contributed by atoms with E-state index in [9.17, 15) is 0 Å². The molecule has 2 unspecified atom stereocenters. The van der Waals surface area contributed by atoms with Crippen molar-refractivity contribution in [2.75, 3.05) is 5.32 Å². The monoisotopic (exact) mass is 230 g/mol. The molecule has 2 atom stereocenters. The molecule has 1 N–H and O–H groups in total. The first kappa shape index (κ1) is 11.8. The van der Waals surface area contributed by atoms with E-state index in [1.807, 2.05) is 0 Å². The highest BCUT2D eigenvalue weighted by molar-refractivity contribution is 5.47. The smallest absolute Gasteiger partial charge is 0.182 e. The van der Waals surface area contributed by atoms with Crippen molar-refractivity contribution in [3.63, 3.8) is 0 Å². The molecule has 4 heteroatoms. The van der Waals surface area contributed by atoms with Crippen molar-refractivity contribution in [3.8, 4) is 6.07 Å². The van der Waals surface area contributed by atoms with Crippen molar-refractivity contribution in [1.82, 2.24) is 9.97 Å². The van der Waals surface area contributed by atoms with Gasteiger partial charge < -0.3 is 5.32 Å². The fraction of sp³-hybridized carbons (Fsp3) is 0.615. The van der Waals surface area contributed by atoms with E-state index < -0.39 is 0 Å². The Morgan fingerprint density at radius 1 is 1.24 bits per heavy atom. The fourth-order valence-corrected chi connectivity index (χ4v) is 2.35. The Hall–Kier alpha value is -1.63. The van der Waals surface area contributed by atoms with E-state index in [0.717, 1.165) is 18.8 Å². The lowest BCUT2D eigenvalue weighted by atomic mass is 10.0. The van der Waals surface area contributed by atoms with Crippen LogP contribution in [0.15, 0.2) is 12.4 Å². The van der Waals surface area contributed by atoms with Crippen LogP contribution < -0.4 is 5.32 Å². The number of nitrogens with one attached hydrogen (secondary N) is 1. The molecule has 17 heavy (non-hydrogen) atoms. The molecule has 1 aromatic heterocycles. The molecule has 1 heterocycles. The molecule has 0 radical (unpaired) electrons. The van der Waals surface area contributed by atoms with Crippen molar-refractivity contribution < 1.29 is 0 Å². The van der Waals surface area contributed by atoms with Crippen LogP contribution in [0.25, 0.3) is 0 Å². The first-order valence-corrected chi connectivity index (χ1v) is 6.27. The standard InChI is InChI=1S/C13H18N4/c1-10-3-2-4-11(6-5-10)17-13-12(9-14)15-7-8-16-13/h7-8,10-11H,2-6H2,1H3,(H,16,17). The Kier molecular flexibility index (Phi) is 3.92. The number of rotatable bonds is 2. The molecule has 0 aromatic carbocycles. The molecule has 0 aliphatic heterocycles. The summed E-state index contributed by atoms with van der Waals surface area (Å²) in [5.74, 6) is 1.45. The SMILES string of the molecule is CC1CCCC(Nc2nccnc2C#N)CC1. The van der Waals surface area contributed by atoms with Crippen LogP contribution in [0.3, 0.4) is 0 Å². The predicted molar refractivity (Wildman–Crippen MR) is 66.4 cm³/mol. The molecular formula is C13H18N4. The normalized spacial score (nSPS) is 24.7. The number of anilines is 1. The maximum Gasteiger partial charge on any atom is 0.182 e. The lowest BCUT2D eigenvalue weighted by molar-refractivity contribution is 0.502. The number of nitriles is 1. The number of aromatic nitrogens is 2. The fourth-order valence-electron chi connectivity index (χ4n) is 2.35. The van der Waals surface area contributed by atoms with Gasteiger partial charge in [-0.3, -0.25) is 0 Å². The van der Waals surface area contributed by atoms with E-state index in [1.54, 1.807) is 12.4 Å². The maximum absolute atomic E-state index is 8.95. The molecule has 0 saturated heterocycles. The third kappa shape index (κ3) is 3.16. The van der Waals surface area contributed by atoms with Crippen LogP contribution in [0, 0.1) is 17.2 Å². The number of hydrogen-bond donors (Lipinski definition) is 1. The molecule has 2 rings (SSSR count). The van der Waals surface area contributed by atoms with E-state index in [0.29, 0.717) is 17.6 Å². The molecule has 4 nitrogen and oxygen atoms in total. The highest BCUT2D eigenvalue weighted by Gasteiger charge is 2.17. The van der Waals surface area contributed by atoms with E-state index in [4.69, 9.17) is 5.26 Å². The molecule has 90 valence electrons.